The molecule has 0 saturated heterocycles. The Balaban J connectivity index is 3.77. The molecule has 1 N–H and O–H groups in total. The summed E-state index contributed by atoms with van der Waals surface area (Å²) in [5.74, 6) is 0.0558. The highest BCUT2D eigenvalue weighted by molar-refractivity contribution is 9.25. The van der Waals surface area contributed by atoms with Crippen molar-refractivity contribution in [1.82, 2.24) is 0 Å². The summed E-state index contributed by atoms with van der Waals surface area (Å²) in [6.45, 7) is 1.91. The molecule has 0 aromatic rings. The number of alkyl halides is 4. The lowest BCUT2D eigenvalue weighted by Crippen LogP contribution is -2.20. The Morgan fingerprint density at radius 2 is 2.00 bits per heavy atom. The van der Waals surface area contributed by atoms with Crippen LogP contribution < -0.4 is 0 Å². The van der Waals surface area contributed by atoms with Gasteiger partial charge in [-0.05, 0) is 37.8 Å². The Morgan fingerprint density at radius 1 is 1.55 bits per heavy atom. The summed E-state index contributed by atoms with van der Waals surface area (Å²) in [5.41, 5.74) is 0. The molecular formula is C6H10Br3FO. The maximum absolute atomic E-state index is 12.9. The molecule has 0 aliphatic rings. The van der Waals surface area contributed by atoms with Crippen molar-refractivity contribution in [3.8, 4) is 0 Å². The summed E-state index contributed by atoms with van der Waals surface area (Å²) in [6, 6.07) is 0. The number of aliphatic hydroxyl groups excluding tert-OH is 1. The van der Waals surface area contributed by atoms with Gasteiger partial charge >= 0.3 is 0 Å². The first kappa shape index (κ1) is 12.3. The molecule has 0 bridgehead atoms. The van der Waals surface area contributed by atoms with Crippen LogP contribution in [0.4, 0.5) is 4.39 Å². The van der Waals surface area contributed by atoms with E-state index in [0.717, 1.165) is 0 Å². The van der Waals surface area contributed by atoms with E-state index >= 15 is 0 Å². The van der Waals surface area contributed by atoms with E-state index in [1.54, 1.807) is 0 Å². The zero-order chi connectivity index (χ0) is 9.07. The van der Waals surface area contributed by atoms with Crippen LogP contribution in [0.5, 0.6) is 0 Å². The van der Waals surface area contributed by atoms with Gasteiger partial charge in [0.15, 0.2) is 0 Å². The largest absolute Gasteiger partial charge is 0.396 e. The molecule has 0 spiro atoms. The second kappa shape index (κ2) is 5.14. The Kier molecular flexibility index (Phi) is 5.77. The lowest BCUT2D eigenvalue weighted by Gasteiger charge is -2.19. The van der Waals surface area contributed by atoms with Gasteiger partial charge in [0.1, 0.15) is 0 Å². The minimum Gasteiger partial charge on any atom is -0.396 e. The number of halogens is 4. The van der Waals surface area contributed by atoms with E-state index in [-0.39, 0.29) is 23.8 Å². The summed E-state index contributed by atoms with van der Waals surface area (Å²) < 4.78 is 11.3. The van der Waals surface area contributed by atoms with Crippen LogP contribution >= 0.6 is 47.8 Å². The van der Waals surface area contributed by atoms with Gasteiger partial charge in [-0.3, -0.25) is 0 Å². The van der Waals surface area contributed by atoms with Gasteiger partial charge in [-0.15, -0.1) is 0 Å². The highest BCUT2D eigenvalue weighted by Gasteiger charge is 2.27. The number of hydrogen-bond acceptors (Lipinski definition) is 1. The third-order valence-corrected chi connectivity index (χ3v) is 3.21. The second-order valence-electron chi connectivity index (χ2n) is 2.50. The molecule has 1 nitrogen and oxygen atoms in total. The van der Waals surface area contributed by atoms with Gasteiger partial charge in [0.05, 0.1) is 0 Å². The molecule has 0 heterocycles. The molecule has 2 atom stereocenters. The molecule has 2 unspecified atom stereocenters. The van der Waals surface area contributed by atoms with Gasteiger partial charge in [-0.2, -0.15) is 0 Å². The predicted molar refractivity (Wildman–Crippen MR) is 55.3 cm³/mol. The van der Waals surface area contributed by atoms with Gasteiger partial charge < -0.3 is 5.11 Å². The molecule has 0 aliphatic carbocycles. The van der Waals surface area contributed by atoms with Crippen molar-refractivity contribution in [2.24, 2.45) is 5.92 Å². The Hall–Kier alpha value is 1.33. The van der Waals surface area contributed by atoms with Crippen molar-refractivity contribution in [2.75, 3.05) is 6.61 Å². The van der Waals surface area contributed by atoms with Crippen molar-refractivity contribution in [3.05, 3.63) is 0 Å². The van der Waals surface area contributed by atoms with Gasteiger partial charge in [-0.1, -0.05) is 22.9 Å². The van der Waals surface area contributed by atoms with E-state index in [0.29, 0.717) is 0 Å². The van der Waals surface area contributed by atoms with Gasteiger partial charge in [0.2, 0.25) is 3.49 Å². The van der Waals surface area contributed by atoms with Crippen LogP contribution in [-0.4, -0.2) is 20.0 Å². The zero-order valence-electron chi connectivity index (χ0n) is 6.03. The molecule has 0 aromatic heterocycles. The first-order chi connectivity index (χ1) is 4.87. The molecule has 0 saturated carbocycles. The first-order valence-electron chi connectivity index (χ1n) is 3.18. The lowest BCUT2D eigenvalue weighted by atomic mass is 10.1. The normalized spacial score (nSPS) is 18.0. The van der Waals surface area contributed by atoms with Crippen LogP contribution in [0, 0.1) is 5.92 Å². The summed E-state index contributed by atoms with van der Waals surface area (Å²) >= 11 is 8.91. The van der Waals surface area contributed by atoms with Crippen molar-refractivity contribution in [1.29, 1.82) is 0 Å². The summed E-state index contributed by atoms with van der Waals surface area (Å²) in [4.78, 5) is -0.0313. The molecular weight excluding hydrogens is 347 g/mol. The molecule has 68 valence electrons. The molecule has 0 fully saturated rings. The van der Waals surface area contributed by atoms with E-state index in [1.807, 2.05) is 6.92 Å². The minimum atomic E-state index is -1.53. The molecule has 0 amide bonds. The number of hydrogen-bond donors (Lipinski definition) is 1. The highest BCUT2D eigenvalue weighted by Crippen LogP contribution is 2.36. The minimum absolute atomic E-state index is 0.0313. The Labute approximate surface area is 91.1 Å². The monoisotopic (exact) mass is 354 g/mol. The van der Waals surface area contributed by atoms with E-state index in [1.165, 1.54) is 0 Å². The first-order valence-corrected chi connectivity index (χ1v) is 5.68. The van der Waals surface area contributed by atoms with Gasteiger partial charge in [0, 0.05) is 17.9 Å². The standard InChI is InChI=1S/C6H10Br3FO/c1-4(3-11)5(7)2-6(8,9)10/h4-5,11H,2-3H2,1H3. The van der Waals surface area contributed by atoms with Crippen LogP contribution in [0.25, 0.3) is 0 Å². The van der Waals surface area contributed by atoms with Crippen molar-refractivity contribution < 1.29 is 9.50 Å². The number of aliphatic hydroxyl groups is 1. The zero-order valence-corrected chi connectivity index (χ0v) is 10.8. The van der Waals surface area contributed by atoms with Crippen LogP contribution in [-0.2, 0) is 0 Å². The summed E-state index contributed by atoms with van der Waals surface area (Å²) in [5, 5.41) is 8.72. The van der Waals surface area contributed by atoms with Crippen LogP contribution in [0.15, 0.2) is 0 Å². The van der Waals surface area contributed by atoms with E-state index in [4.69, 9.17) is 5.11 Å². The topological polar surface area (TPSA) is 20.2 Å². The maximum Gasteiger partial charge on any atom is 0.220 e. The highest BCUT2D eigenvalue weighted by atomic mass is 79.9. The Bertz CT molecular complexity index is 115. The second-order valence-corrected chi connectivity index (χ2v) is 7.25. The van der Waals surface area contributed by atoms with Crippen molar-refractivity contribution in [2.45, 2.75) is 21.7 Å². The molecule has 0 aromatic carbocycles. The third kappa shape index (κ3) is 6.49. The fraction of sp³-hybridized carbons (Fsp3) is 1.00. The van der Waals surface area contributed by atoms with Crippen molar-refractivity contribution >= 4 is 47.8 Å². The average Bonchev–Trinajstić information content (AvgIpc) is 1.82. The van der Waals surface area contributed by atoms with Crippen LogP contribution in [0.2, 0.25) is 0 Å². The SMILES string of the molecule is CC(CO)C(Br)CC(F)(Br)Br. The van der Waals surface area contributed by atoms with Crippen LogP contribution in [0.1, 0.15) is 13.3 Å². The molecule has 5 heteroatoms. The predicted octanol–water partition coefficient (Wildman–Crippen LogP) is 3.18. The van der Waals surface area contributed by atoms with Crippen molar-refractivity contribution in [3.63, 3.8) is 0 Å². The summed E-state index contributed by atoms with van der Waals surface area (Å²) in [7, 11) is 0. The quantitative estimate of drug-likeness (QED) is 0.767. The molecule has 0 rings (SSSR count). The maximum atomic E-state index is 12.9. The van der Waals surface area contributed by atoms with Gasteiger partial charge in [0.25, 0.3) is 0 Å². The van der Waals surface area contributed by atoms with E-state index < -0.39 is 3.49 Å². The van der Waals surface area contributed by atoms with Gasteiger partial charge in [-0.25, -0.2) is 4.39 Å². The smallest absolute Gasteiger partial charge is 0.220 e. The Morgan fingerprint density at radius 3 is 2.27 bits per heavy atom. The van der Waals surface area contributed by atoms with Crippen LogP contribution in [0.3, 0.4) is 0 Å². The lowest BCUT2D eigenvalue weighted by molar-refractivity contribution is 0.227. The number of rotatable bonds is 4. The fourth-order valence-corrected chi connectivity index (χ4v) is 2.72. The average molecular weight is 357 g/mol. The molecule has 11 heavy (non-hydrogen) atoms. The molecule has 0 aliphatic heterocycles. The van der Waals surface area contributed by atoms with E-state index in [9.17, 15) is 4.39 Å². The molecule has 0 radical (unpaired) electrons. The summed E-state index contributed by atoms with van der Waals surface area (Å²) in [6.07, 6.45) is 0.273. The fourth-order valence-electron chi connectivity index (χ4n) is 0.537. The van der Waals surface area contributed by atoms with E-state index in [2.05, 4.69) is 47.8 Å². The third-order valence-electron chi connectivity index (χ3n) is 1.33.